The van der Waals surface area contributed by atoms with Gasteiger partial charge < -0.3 is 10.3 Å². The lowest BCUT2D eigenvalue weighted by Gasteiger charge is -2.04. The fourth-order valence-corrected chi connectivity index (χ4v) is 2.93. The second-order valence-corrected chi connectivity index (χ2v) is 6.14. The predicted molar refractivity (Wildman–Crippen MR) is 81.1 cm³/mol. The van der Waals surface area contributed by atoms with Crippen LogP contribution < -0.4 is 5.32 Å². The van der Waals surface area contributed by atoms with Crippen molar-refractivity contribution in [1.29, 1.82) is 0 Å². The van der Waals surface area contributed by atoms with E-state index in [9.17, 15) is 0 Å². The van der Waals surface area contributed by atoms with E-state index in [0.29, 0.717) is 0 Å². The van der Waals surface area contributed by atoms with E-state index in [4.69, 9.17) is 4.98 Å². The Labute approximate surface area is 122 Å². The lowest BCUT2D eigenvalue weighted by Crippen LogP contribution is -2.11. The van der Waals surface area contributed by atoms with Gasteiger partial charge in [-0.05, 0) is 44.5 Å². The average molecular weight is 320 g/mol. The van der Waals surface area contributed by atoms with Crippen molar-refractivity contribution in [2.24, 2.45) is 5.92 Å². The maximum atomic E-state index is 4.77. The third-order valence-corrected chi connectivity index (χ3v) is 4.22. The molecule has 1 aromatic carbocycles. The Morgan fingerprint density at radius 3 is 2.79 bits per heavy atom. The topological polar surface area (TPSA) is 40.7 Å². The Kier molecular flexibility index (Phi) is 3.71. The molecule has 2 heterocycles. The van der Waals surface area contributed by atoms with Crippen molar-refractivity contribution in [3.8, 4) is 11.3 Å². The molecule has 0 amide bonds. The summed E-state index contributed by atoms with van der Waals surface area (Å²) >= 11 is 3.46. The van der Waals surface area contributed by atoms with Gasteiger partial charge in [0, 0.05) is 22.2 Å². The molecule has 3 rings (SSSR count). The maximum absolute atomic E-state index is 4.77. The Morgan fingerprint density at radius 1 is 1.32 bits per heavy atom. The van der Waals surface area contributed by atoms with Gasteiger partial charge in [-0.25, -0.2) is 4.98 Å². The number of halogens is 1. The van der Waals surface area contributed by atoms with Crippen LogP contribution in [-0.2, 0) is 6.42 Å². The van der Waals surface area contributed by atoms with Crippen LogP contribution in [0.1, 0.15) is 17.9 Å². The number of hydrogen-bond donors (Lipinski definition) is 2. The lowest BCUT2D eigenvalue weighted by molar-refractivity contribution is 0.564. The zero-order valence-electron chi connectivity index (χ0n) is 11.0. The van der Waals surface area contributed by atoms with E-state index in [1.807, 2.05) is 0 Å². The first-order valence-corrected chi connectivity index (χ1v) is 7.54. The fraction of sp³-hybridized carbons (Fsp3) is 0.400. The molecule has 1 aliphatic heterocycles. The summed E-state index contributed by atoms with van der Waals surface area (Å²) in [6.07, 6.45) is 2.30. The molecular formula is C15H18BrN3. The largest absolute Gasteiger partial charge is 0.346 e. The van der Waals surface area contributed by atoms with Crippen molar-refractivity contribution in [2.75, 3.05) is 13.1 Å². The van der Waals surface area contributed by atoms with Crippen molar-refractivity contribution >= 4 is 15.9 Å². The van der Waals surface area contributed by atoms with E-state index in [-0.39, 0.29) is 0 Å². The molecule has 0 aliphatic carbocycles. The van der Waals surface area contributed by atoms with Crippen molar-refractivity contribution in [1.82, 2.24) is 15.3 Å². The molecule has 0 bridgehead atoms. The molecular weight excluding hydrogens is 302 g/mol. The number of hydrogen-bond acceptors (Lipinski definition) is 2. The number of nitrogens with zero attached hydrogens (tertiary/aromatic N) is 1. The zero-order chi connectivity index (χ0) is 13.2. The maximum Gasteiger partial charge on any atom is 0.107 e. The summed E-state index contributed by atoms with van der Waals surface area (Å²) in [6.45, 7) is 4.36. The standard InChI is InChI=1S/C15H18BrN3/c1-10-15(12-2-4-13(16)5-3-12)19-14(18-10)8-11-6-7-17-9-11/h2-5,11,17H,6-9H2,1H3,(H,18,19). The molecule has 1 fully saturated rings. The number of nitrogens with one attached hydrogen (secondary N) is 2. The fourth-order valence-electron chi connectivity index (χ4n) is 2.67. The predicted octanol–water partition coefficient (Wildman–Crippen LogP) is 3.30. The normalized spacial score (nSPS) is 18.9. The highest BCUT2D eigenvalue weighted by Crippen LogP contribution is 2.24. The van der Waals surface area contributed by atoms with Gasteiger partial charge in [-0.3, -0.25) is 0 Å². The highest BCUT2D eigenvalue weighted by Gasteiger charge is 2.17. The zero-order valence-corrected chi connectivity index (χ0v) is 12.6. The molecule has 1 aliphatic rings. The average Bonchev–Trinajstić information content (AvgIpc) is 3.01. The highest BCUT2D eigenvalue weighted by atomic mass is 79.9. The second kappa shape index (κ2) is 5.47. The first-order chi connectivity index (χ1) is 9.22. The van der Waals surface area contributed by atoms with Gasteiger partial charge in [0.25, 0.3) is 0 Å². The monoisotopic (exact) mass is 319 g/mol. The van der Waals surface area contributed by atoms with Crippen LogP contribution in [0.4, 0.5) is 0 Å². The summed E-state index contributed by atoms with van der Waals surface area (Å²) in [4.78, 5) is 8.21. The van der Waals surface area contributed by atoms with E-state index >= 15 is 0 Å². The van der Waals surface area contributed by atoms with Crippen LogP contribution >= 0.6 is 15.9 Å². The molecule has 2 N–H and O–H groups in total. The first kappa shape index (κ1) is 12.9. The van der Waals surface area contributed by atoms with Crippen molar-refractivity contribution < 1.29 is 0 Å². The molecule has 4 heteroatoms. The summed E-state index contributed by atoms with van der Waals surface area (Å²) in [5.74, 6) is 1.84. The summed E-state index contributed by atoms with van der Waals surface area (Å²) < 4.78 is 1.10. The van der Waals surface area contributed by atoms with Crippen LogP contribution in [0.3, 0.4) is 0 Å². The van der Waals surface area contributed by atoms with Crippen molar-refractivity contribution in [3.05, 3.63) is 40.3 Å². The molecule has 0 saturated carbocycles. The van der Waals surface area contributed by atoms with Gasteiger partial charge in [-0.15, -0.1) is 0 Å². The number of rotatable bonds is 3. The number of aromatic amines is 1. The number of benzene rings is 1. The van der Waals surface area contributed by atoms with E-state index in [0.717, 1.165) is 47.1 Å². The van der Waals surface area contributed by atoms with Crippen LogP contribution in [0.5, 0.6) is 0 Å². The Morgan fingerprint density at radius 2 is 2.11 bits per heavy atom. The quantitative estimate of drug-likeness (QED) is 0.911. The minimum atomic E-state index is 0.725. The van der Waals surface area contributed by atoms with Crippen LogP contribution in [0, 0.1) is 12.8 Å². The number of aryl methyl sites for hydroxylation is 1. The van der Waals surface area contributed by atoms with Crippen LogP contribution in [0.2, 0.25) is 0 Å². The lowest BCUT2D eigenvalue weighted by atomic mass is 10.1. The van der Waals surface area contributed by atoms with Gasteiger partial charge in [-0.1, -0.05) is 28.1 Å². The Balaban J connectivity index is 1.82. The third kappa shape index (κ3) is 2.90. The SMILES string of the molecule is Cc1[nH]c(CC2CCNC2)nc1-c1ccc(Br)cc1. The first-order valence-electron chi connectivity index (χ1n) is 6.74. The molecule has 19 heavy (non-hydrogen) atoms. The van der Waals surface area contributed by atoms with Crippen LogP contribution in [0.25, 0.3) is 11.3 Å². The van der Waals surface area contributed by atoms with Gasteiger partial charge in [0.1, 0.15) is 5.82 Å². The molecule has 0 radical (unpaired) electrons. The third-order valence-electron chi connectivity index (χ3n) is 3.70. The van der Waals surface area contributed by atoms with Crippen molar-refractivity contribution in [3.63, 3.8) is 0 Å². The molecule has 0 spiro atoms. The Hall–Kier alpha value is -1.13. The summed E-state index contributed by atoms with van der Waals surface area (Å²) in [5, 5.41) is 3.41. The van der Waals surface area contributed by atoms with E-state index < -0.39 is 0 Å². The molecule has 1 aromatic heterocycles. The number of imidazole rings is 1. The molecule has 3 nitrogen and oxygen atoms in total. The van der Waals surface area contributed by atoms with Crippen LogP contribution in [-0.4, -0.2) is 23.1 Å². The molecule has 1 atom stereocenters. The van der Waals surface area contributed by atoms with Gasteiger partial charge in [-0.2, -0.15) is 0 Å². The minimum absolute atomic E-state index is 0.725. The van der Waals surface area contributed by atoms with Crippen LogP contribution in [0.15, 0.2) is 28.7 Å². The molecule has 1 saturated heterocycles. The smallest absolute Gasteiger partial charge is 0.107 e. The van der Waals surface area contributed by atoms with E-state index in [1.54, 1.807) is 0 Å². The van der Waals surface area contributed by atoms with Gasteiger partial charge >= 0.3 is 0 Å². The molecule has 100 valence electrons. The second-order valence-electron chi connectivity index (χ2n) is 5.23. The molecule has 1 unspecified atom stereocenters. The summed E-state index contributed by atoms with van der Waals surface area (Å²) in [5.41, 5.74) is 3.41. The minimum Gasteiger partial charge on any atom is -0.346 e. The van der Waals surface area contributed by atoms with Gasteiger partial charge in [0.15, 0.2) is 0 Å². The van der Waals surface area contributed by atoms with Gasteiger partial charge in [0.05, 0.1) is 5.69 Å². The van der Waals surface area contributed by atoms with Gasteiger partial charge in [0.2, 0.25) is 0 Å². The highest BCUT2D eigenvalue weighted by molar-refractivity contribution is 9.10. The van der Waals surface area contributed by atoms with E-state index in [1.165, 1.54) is 12.0 Å². The summed E-state index contributed by atoms with van der Waals surface area (Å²) in [6, 6.07) is 8.33. The number of H-pyrrole nitrogens is 1. The van der Waals surface area contributed by atoms with E-state index in [2.05, 4.69) is 57.4 Å². The molecule has 2 aromatic rings. The van der Waals surface area contributed by atoms with Crippen molar-refractivity contribution in [2.45, 2.75) is 19.8 Å². The number of aromatic nitrogens is 2. The summed E-state index contributed by atoms with van der Waals surface area (Å²) in [7, 11) is 0. The Bertz CT molecular complexity index is 553.